The van der Waals surface area contributed by atoms with E-state index in [-0.39, 0.29) is 5.91 Å². The molecule has 4 heteroatoms. The van der Waals surface area contributed by atoms with Gasteiger partial charge >= 0.3 is 0 Å². The molecule has 0 aliphatic carbocycles. The van der Waals surface area contributed by atoms with Crippen LogP contribution in [0.25, 0.3) is 0 Å². The fraction of sp³-hybridized carbons (Fsp3) is 0.417. The summed E-state index contributed by atoms with van der Waals surface area (Å²) >= 11 is 0. The van der Waals surface area contributed by atoms with Gasteiger partial charge in [-0.1, -0.05) is 6.07 Å². The molecule has 2 rings (SSSR count). The summed E-state index contributed by atoms with van der Waals surface area (Å²) in [5.41, 5.74) is 9.02. The van der Waals surface area contributed by atoms with Gasteiger partial charge in [-0.05, 0) is 18.6 Å². The molecule has 16 heavy (non-hydrogen) atoms. The van der Waals surface area contributed by atoms with E-state index in [1.807, 2.05) is 18.2 Å². The first kappa shape index (κ1) is 10.8. The Labute approximate surface area is 95.6 Å². The summed E-state index contributed by atoms with van der Waals surface area (Å²) in [6.45, 7) is 1.31. The number of benzene rings is 1. The highest BCUT2D eigenvalue weighted by Gasteiger charge is 2.22. The number of carbonyl (C=O) groups is 1. The molecule has 1 aliphatic heterocycles. The van der Waals surface area contributed by atoms with Gasteiger partial charge in [0.1, 0.15) is 0 Å². The summed E-state index contributed by atoms with van der Waals surface area (Å²) in [7, 11) is 3.55. The van der Waals surface area contributed by atoms with E-state index in [0.29, 0.717) is 6.54 Å². The maximum atomic E-state index is 11.6. The van der Waals surface area contributed by atoms with E-state index in [4.69, 9.17) is 5.73 Å². The molecule has 1 amide bonds. The molecule has 1 heterocycles. The van der Waals surface area contributed by atoms with Crippen molar-refractivity contribution in [2.24, 2.45) is 0 Å². The number of anilines is 2. The van der Waals surface area contributed by atoms with Gasteiger partial charge in [0, 0.05) is 37.6 Å². The fourth-order valence-electron chi connectivity index (χ4n) is 2.00. The van der Waals surface area contributed by atoms with E-state index in [0.717, 1.165) is 24.3 Å². The van der Waals surface area contributed by atoms with Crippen LogP contribution in [-0.4, -0.2) is 38.0 Å². The first-order valence-electron chi connectivity index (χ1n) is 5.42. The molecule has 0 saturated carbocycles. The van der Waals surface area contributed by atoms with Crippen LogP contribution >= 0.6 is 0 Å². The molecule has 4 nitrogen and oxygen atoms in total. The zero-order chi connectivity index (χ0) is 11.7. The molecule has 1 aliphatic rings. The summed E-state index contributed by atoms with van der Waals surface area (Å²) < 4.78 is 0. The Hall–Kier alpha value is -1.71. The van der Waals surface area contributed by atoms with Crippen molar-refractivity contribution in [1.29, 1.82) is 0 Å². The van der Waals surface area contributed by atoms with Gasteiger partial charge in [-0.2, -0.15) is 0 Å². The zero-order valence-corrected chi connectivity index (χ0v) is 9.73. The van der Waals surface area contributed by atoms with Gasteiger partial charge in [0.05, 0.1) is 6.54 Å². The van der Waals surface area contributed by atoms with E-state index in [9.17, 15) is 4.79 Å². The van der Waals surface area contributed by atoms with Crippen molar-refractivity contribution in [1.82, 2.24) is 4.90 Å². The smallest absolute Gasteiger partial charge is 0.241 e. The standard InChI is InChI=1S/C12H17N3O/c1-14(2)12(16)8-15-7-6-9-10(13)4-3-5-11(9)15/h3-5H,6-8,13H2,1-2H3. The Balaban J connectivity index is 2.18. The summed E-state index contributed by atoms with van der Waals surface area (Å²) in [6.07, 6.45) is 0.933. The number of nitrogens with zero attached hydrogens (tertiary/aromatic N) is 2. The third-order valence-corrected chi connectivity index (χ3v) is 2.98. The Bertz CT molecular complexity index is 415. The Kier molecular flexibility index (Phi) is 2.73. The van der Waals surface area contributed by atoms with Gasteiger partial charge in [0.15, 0.2) is 0 Å². The fourth-order valence-corrected chi connectivity index (χ4v) is 2.00. The maximum Gasteiger partial charge on any atom is 0.241 e. The highest BCUT2D eigenvalue weighted by Crippen LogP contribution is 2.31. The lowest BCUT2D eigenvalue weighted by Gasteiger charge is -2.21. The molecule has 0 aromatic heterocycles. The number of nitrogen functional groups attached to an aromatic ring is 1. The lowest BCUT2D eigenvalue weighted by atomic mass is 10.1. The minimum absolute atomic E-state index is 0.121. The minimum atomic E-state index is 0.121. The van der Waals surface area contributed by atoms with Gasteiger partial charge in [-0.25, -0.2) is 0 Å². The molecular formula is C12H17N3O. The summed E-state index contributed by atoms with van der Waals surface area (Å²) in [4.78, 5) is 15.4. The van der Waals surface area contributed by atoms with Crippen molar-refractivity contribution in [3.8, 4) is 0 Å². The second-order valence-corrected chi connectivity index (χ2v) is 4.30. The third-order valence-electron chi connectivity index (χ3n) is 2.98. The quantitative estimate of drug-likeness (QED) is 0.746. The number of amides is 1. The molecule has 0 spiro atoms. The average Bonchev–Trinajstić information content (AvgIpc) is 2.63. The number of carbonyl (C=O) groups excluding carboxylic acids is 1. The van der Waals surface area contributed by atoms with Crippen molar-refractivity contribution in [2.45, 2.75) is 6.42 Å². The van der Waals surface area contributed by atoms with Crippen LogP contribution in [0.3, 0.4) is 0 Å². The van der Waals surface area contributed by atoms with Crippen molar-refractivity contribution in [3.05, 3.63) is 23.8 Å². The summed E-state index contributed by atoms with van der Waals surface area (Å²) in [5.74, 6) is 0.121. The third kappa shape index (κ3) is 1.83. The lowest BCUT2D eigenvalue weighted by molar-refractivity contribution is -0.127. The zero-order valence-electron chi connectivity index (χ0n) is 9.73. The van der Waals surface area contributed by atoms with E-state index in [1.165, 1.54) is 5.56 Å². The molecule has 0 atom stereocenters. The summed E-state index contributed by atoms with van der Waals surface area (Å²) in [5, 5.41) is 0. The summed E-state index contributed by atoms with van der Waals surface area (Å²) in [6, 6.07) is 5.88. The number of fused-ring (bicyclic) bond motifs is 1. The lowest BCUT2D eigenvalue weighted by Crippen LogP contribution is -2.35. The topological polar surface area (TPSA) is 49.6 Å². The molecule has 86 valence electrons. The Morgan fingerprint density at radius 3 is 2.94 bits per heavy atom. The van der Waals surface area contributed by atoms with E-state index >= 15 is 0 Å². The van der Waals surface area contributed by atoms with Crippen molar-refractivity contribution >= 4 is 17.3 Å². The first-order chi connectivity index (χ1) is 7.59. The van der Waals surface area contributed by atoms with Crippen LogP contribution in [0.4, 0.5) is 11.4 Å². The number of likely N-dealkylation sites (N-methyl/N-ethyl adjacent to an activating group) is 1. The van der Waals surface area contributed by atoms with Crippen molar-refractivity contribution in [2.75, 3.05) is 37.8 Å². The van der Waals surface area contributed by atoms with Crippen molar-refractivity contribution < 1.29 is 4.79 Å². The molecule has 0 fully saturated rings. The normalized spacial score (nSPS) is 13.8. The van der Waals surface area contributed by atoms with Gasteiger partial charge in [-0.15, -0.1) is 0 Å². The van der Waals surface area contributed by atoms with Crippen LogP contribution in [0.15, 0.2) is 18.2 Å². The predicted molar refractivity (Wildman–Crippen MR) is 65.5 cm³/mol. The number of rotatable bonds is 2. The minimum Gasteiger partial charge on any atom is -0.398 e. The SMILES string of the molecule is CN(C)C(=O)CN1CCc2c(N)cccc21. The monoisotopic (exact) mass is 219 g/mol. The number of hydrogen-bond donors (Lipinski definition) is 1. The molecule has 0 bridgehead atoms. The second-order valence-electron chi connectivity index (χ2n) is 4.30. The van der Waals surface area contributed by atoms with Crippen molar-refractivity contribution in [3.63, 3.8) is 0 Å². The number of hydrogen-bond acceptors (Lipinski definition) is 3. The van der Waals surface area contributed by atoms with Crippen LogP contribution in [0.5, 0.6) is 0 Å². The highest BCUT2D eigenvalue weighted by molar-refractivity contribution is 5.82. The average molecular weight is 219 g/mol. The van der Waals surface area contributed by atoms with E-state index in [2.05, 4.69) is 4.90 Å². The van der Waals surface area contributed by atoms with Gasteiger partial charge in [0.25, 0.3) is 0 Å². The van der Waals surface area contributed by atoms with Crippen LogP contribution in [0, 0.1) is 0 Å². The molecule has 0 unspecified atom stereocenters. The Morgan fingerprint density at radius 2 is 2.25 bits per heavy atom. The molecule has 1 aromatic carbocycles. The highest BCUT2D eigenvalue weighted by atomic mass is 16.2. The number of nitrogens with two attached hydrogens (primary N) is 1. The maximum absolute atomic E-state index is 11.6. The van der Waals surface area contributed by atoms with Gasteiger partial charge < -0.3 is 15.5 Å². The van der Waals surface area contributed by atoms with Crippen LogP contribution in [0.1, 0.15) is 5.56 Å². The molecular weight excluding hydrogens is 202 g/mol. The van der Waals surface area contributed by atoms with Gasteiger partial charge in [0.2, 0.25) is 5.91 Å². The first-order valence-corrected chi connectivity index (χ1v) is 5.42. The molecule has 0 radical (unpaired) electrons. The predicted octanol–water partition coefficient (Wildman–Crippen LogP) is 0.720. The Morgan fingerprint density at radius 1 is 1.50 bits per heavy atom. The molecule has 0 saturated heterocycles. The van der Waals surface area contributed by atoms with Crippen LogP contribution in [-0.2, 0) is 11.2 Å². The largest absolute Gasteiger partial charge is 0.398 e. The molecule has 2 N–H and O–H groups in total. The van der Waals surface area contributed by atoms with Crippen LogP contribution in [0.2, 0.25) is 0 Å². The molecule has 1 aromatic rings. The van der Waals surface area contributed by atoms with E-state index in [1.54, 1.807) is 19.0 Å². The second kappa shape index (κ2) is 4.04. The van der Waals surface area contributed by atoms with Gasteiger partial charge in [-0.3, -0.25) is 4.79 Å². The van der Waals surface area contributed by atoms with E-state index < -0.39 is 0 Å². The van der Waals surface area contributed by atoms with Crippen LogP contribution < -0.4 is 10.6 Å².